The second kappa shape index (κ2) is 6.16. The van der Waals surface area contributed by atoms with Gasteiger partial charge in [0.1, 0.15) is 0 Å². The van der Waals surface area contributed by atoms with Crippen LogP contribution < -0.4 is 0 Å². The van der Waals surface area contributed by atoms with Gasteiger partial charge >= 0.3 is 0 Å². The molecule has 0 fully saturated rings. The molecule has 0 saturated carbocycles. The molecule has 0 aliphatic heterocycles. The van der Waals surface area contributed by atoms with Crippen LogP contribution in [0.2, 0.25) is 18.1 Å². The average Bonchev–Trinajstić information content (AvgIpc) is 2.15. The number of rotatable bonds is 6. The second-order valence-electron chi connectivity index (χ2n) is 6.38. The van der Waals surface area contributed by atoms with Crippen molar-refractivity contribution >= 4 is 8.32 Å². The topological polar surface area (TPSA) is 18.5 Å². The Kier molecular flexibility index (Phi) is 6.12. The Morgan fingerprint density at radius 1 is 1.18 bits per heavy atom. The zero-order valence-corrected chi connectivity index (χ0v) is 13.8. The van der Waals surface area contributed by atoms with Gasteiger partial charge in [0.2, 0.25) is 0 Å². The van der Waals surface area contributed by atoms with Gasteiger partial charge in [-0.3, -0.25) is 0 Å². The van der Waals surface area contributed by atoms with Crippen LogP contribution in [-0.2, 0) is 9.16 Å². The molecule has 0 unspecified atom stereocenters. The van der Waals surface area contributed by atoms with Crippen LogP contribution in [0.25, 0.3) is 0 Å². The molecule has 0 aromatic rings. The van der Waals surface area contributed by atoms with E-state index in [1.165, 1.54) is 0 Å². The highest BCUT2D eigenvalue weighted by Gasteiger charge is 2.40. The van der Waals surface area contributed by atoms with Gasteiger partial charge in [-0.1, -0.05) is 33.8 Å². The Morgan fingerprint density at radius 2 is 1.65 bits per heavy atom. The fourth-order valence-electron chi connectivity index (χ4n) is 1.68. The first kappa shape index (κ1) is 16.9. The molecule has 0 radical (unpaired) electrons. The van der Waals surface area contributed by atoms with E-state index in [0.29, 0.717) is 5.92 Å². The normalized spacial score (nSPS) is 18.6. The summed E-state index contributed by atoms with van der Waals surface area (Å²) in [5.41, 5.74) is 0. The van der Waals surface area contributed by atoms with Crippen molar-refractivity contribution in [1.29, 1.82) is 0 Å². The molecule has 0 aliphatic rings. The van der Waals surface area contributed by atoms with Crippen LogP contribution in [0, 0.1) is 5.92 Å². The summed E-state index contributed by atoms with van der Waals surface area (Å²) in [7, 11) is 0.0263. The lowest BCUT2D eigenvalue weighted by molar-refractivity contribution is -0.0160. The summed E-state index contributed by atoms with van der Waals surface area (Å²) in [5, 5.41) is 0.233. The van der Waals surface area contributed by atoms with Gasteiger partial charge < -0.3 is 9.16 Å². The summed E-state index contributed by atoms with van der Waals surface area (Å²) in [4.78, 5) is 0. The Balaban J connectivity index is 4.72. The van der Waals surface area contributed by atoms with Crippen molar-refractivity contribution in [1.82, 2.24) is 0 Å². The fourth-order valence-corrected chi connectivity index (χ4v) is 3.09. The van der Waals surface area contributed by atoms with Crippen molar-refractivity contribution < 1.29 is 9.16 Å². The van der Waals surface area contributed by atoms with E-state index in [2.05, 4.69) is 54.3 Å². The van der Waals surface area contributed by atoms with E-state index in [-0.39, 0.29) is 17.2 Å². The molecule has 0 aromatic heterocycles. The lowest BCUT2D eigenvalue weighted by atomic mass is 10.0. The molecule has 0 saturated heterocycles. The molecule has 0 aliphatic carbocycles. The van der Waals surface area contributed by atoms with E-state index in [4.69, 9.17) is 9.16 Å². The molecule has 17 heavy (non-hydrogen) atoms. The monoisotopic (exact) mass is 258 g/mol. The predicted molar refractivity (Wildman–Crippen MR) is 77.9 cm³/mol. The summed E-state index contributed by atoms with van der Waals surface area (Å²) in [5.74, 6) is 0.305. The molecule has 102 valence electrons. The largest absolute Gasteiger partial charge is 0.412 e. The fraction of sp³-hybridized carbons (Fsp3) is 0.857. The number of methoxy groups -OCH3 is 1. The van der Waals surface area contributed by atoms with E-state index in [1.54, 1.807) is 7.11 Å². The lowest BCUT2D eigenvalue weighted by Crippen LogP contribution is -2.47. The first-order valence-electron chi connectivity index (χ1n) is 6.40. The van der Waals surface area contributed by atoms with Gasteiger partial charge in [0, 0.05) is 13.0 Å². The highest BCUT2D eigenvalue weighted by molar-refractivity contribution is 6.74. The molecule has 0 aromatic carbocycles. The minimum Gasteiger partial charge on any atom is -0.412 e. The summed E-state index contributed by atoms with van der Waals surface area (Å²) in [6.07, 6.45) is 2.12. The average molecular weight is 258 g/mol. The highest BCUT2D eigenvalue weighted by Crippen LogP contribution is 2.38. The van der Waals surface area contributed by atoms with E-state index < -0.39 is 8.32 Å². The minimum absolute atomic E-state index is 0.0848. The molecule has 3 atom stereocenters. The Hall–Kier alpha value is -0.123. The van der Waals surface area contributed by atoms with Gasteiger partial charge in [0.25, 0.3) is 0 Å². The standard InChI is InChI=1S/C14H30O2Si/c1-10-11(2)13(15-7)12(3)16-17(8,9)14(4,5)6/h10-13H,1H2,2-9H3/t11-,12+,13+/m0/s1. The number of hydrogen-bond donors (Lipinski definition) is 0. The van der Waals surface area contributed by atoms with Gasteiger partial charge in [-0.2, -0.15) is 0 Å². The first-order chi connectivity index (χ1) is 7.56. The van der Waals surface area contributed by atoms with E-state index in [9.17, 15) is 0 Å². The van der Waals surface area contributed by atoms with Gasteiger partial charge in [-0.25, -0.2) is 0 Å². The van der Waals surface area contributed by atoms with Crippen LogP contribution in [0.5, 0.6) is 0 Å². The maximum Gasteiger partial charge on any atom is 0.192 e. The molecular formula is C14H30O2Si. The zero-order valence-electron chi connectivity index (χ0n) is 12.8. The zero-order chi connectivity index (χ0) is 13.9. The van der Waals surface area contributed by atoms with Crippen molar-refractivity contribution in [3.8, 4) is 0 Å². The van der Waals surface area contributed by atoms with Crippen molar-refractivity contribution in [2.45, 2.75) is 65.0 Å². The molecule has 0 amide bonds. The summed E-state index contributed by atoms with van der Waals surface area (Å²) < 4.78 is 11.9. The smallest absolute Gasteiger partial charge is 0.192 e. The van der Waals surface area contributed by atoms with Gasteiger partial charge in [0.15, 0.2) is 8.32 Å². The van der Waals surface area contributed by atoms with Crippen LogP contribution in [0.1, 0.15) is 34.6 Å². The predicted octanol–water partition coefficient (Wildman–Crippen LogP) is 4.23. The van der Waals surface area contributed by atoms with Gasteiger partial charge in [-0.15, -0.1) is 6.58 Å². The molecule has 0 spiro atoms. The maximum absolute atomic E-state index is 6.34. The lowest BCUT2D eigenvalue weighted by Gasteiger charge is -2.40. The van der Waals surface area contributed by atoms with Crippen molar-refractivity contribution in [2.75, 3.05) is 7.11 Å². The van der Waals surface area contributed by atoms with E-state index in [1.807, 2.05) is 6.08 Å². The molecule has 0 heterocycles. The van der Waals surface area contributed by atoms with E-state index >= 15 is 0 Å². The number of ether oxygens (including phenoxy) is 1. The van der Waals surface area contributed by atoms with Gasteiger partial charge in [0.05, 0.1) is 12.2 Å². The Morgan fingerprint density at radius 3 is 1.94 bits per heavy atom. The third-order valence-corrected chi connectivity index (χ3v) is 8.48. The quantitative estimate of drug-likeness (QED) is 0.524. The second-order valence-corrected chi connectivity index (χ2v) is 11.1. The van der Waals surface area contributed by atoms with Crippen LogP contribution in [0.3, 0.4) is 0 Å². The minimum atomic E-state index is -1.72. The summed E-state index contributed by atoms with van der Waals surface area (Å²) in [6, 6.07) is 0. The van der Waals surface area contributed by atoms with Crippen molar-refractivity contribution in [3.05, 3.63) is 12.7 Å². The molecule has 0 rings (SSSR count). The molecule has 3 heteroatoms. The first-order valence-corrected chi connectivity index (χ1v) is 9.30. The number of hydrogen-bond acceptors (Lipinski definition) is 2. The summed E-state index contributed by atoms with van der Waals surface area (Å²) >= 11 is 0. The third-order valence-electron chi connectivity index (χ3n) is 3.91. The van der Waals surface area contributed by atoms with Crippen LogP contribution in [0.4, 0.5) is 0 Å². The maximum atomic E-state index is 6.34. The van der Waals surface area contributed by atoms with Gasteiger partial charge in [-0.05, 0) is 25.1 Å². The van der Waals surface area contributed by atoms with Crippen LogP contribution in [0.15, 0.2) is 12.7 Å². The Labute approximate surface area is 109 Å². The molecule has 2 nitrogen and oxygen atoms in total. The third kappa shape index (κ3) is 4.57. The molecular weight excluding hydrogens is 228 g/mol. The van der Waals surface area contributed by atoms with Crippen LogP contribution in [-0.4, -0.2) is 27.6 Å². The molecule has 0 N–H and O–H groups in total. The van der Waals surface area contributed by atoms with Crippen LogP contribution >= 0.6 is 0 Å². The van der Waals surface area contributed by atoms with Crippen molar-refractivity contribution in [3.63, 3.8) is 0 Å². The van der Waals surface area contributed by atoms with Crippen molar-refractivity contribution in [2.24, 2.45) is 5.92 Å². The molecule has 0 bridgehead atoms. The SMILES string of the molecule is C=C[C@H](C)[C@@H](OC)[C@@H](C)O[Si](C)(C)C(C)(C)C. The van der Waals surface area contributed by atoms with E-state index in [0.717, 1.165) is 0 Å². The Bertz CT molecular complexity index is 243. The summed E-state index contributed by atoms with van der Waals surface area (Å²) in [6.45, 7) is 19.4. The highest BCUT2D eigenvalue weighted by atomic mass is 28.4.